The Morgan fingerprint density at radius 1 is 1.23 bits per heavy atom. The van der Waals surface area contributed by atoms with Crippen LogP contribution in [0.25, 0.3) is 5.69 Å². The number of hydrogen-bond donors (Lipinski definition) is 1. The smallest absolute Gasteiger partial charge is 0.306 e. The third kappa shape index (κ3) is 2.83. The predicted molar refractivity (Wildman–Crippen MR) is 77.6 cm³/mol. The van der Waals surface area contributed by atoms with Gasteiger partial charge in [0.25, 0.3) is 5.91 Å². The molecule has 1 fully saturated rings. The molecule has 0 radical (unpaired) electrons. The van der Waals surface area contributed by atoms with Gasteiger partial charge >= 0.3 is 5.97 Å². The van der Waals surface area contributed by atoms with Crippen molar-refractivity contribution < 1.29 is 14.7 Å². The van der Waals surface area contributed by atoms with Crippen molar-refractivity contribution in [3.05, 3.63) is 42.5 Å². The summed E-state index contributed by atoms with van der Waals surface area (Å²) in [4.78, 5) is 29.2. The number of carboxylic acid groups (broad SMARTS) is 1. The molecule has 0 bridgehead atoms. The average molecular weight is 300 g/mol. The Kier molecular flexibility index (Phi) is 3.86. The molecular formula is C15H16N4O3. The highest BCUT2D eigenvalue weighted by Gasteiger charge is 2.28. The standard InChI is InChI=1S/C15H16N4O3/c20-14(18-8-3-11(4-9-18)15(21)22)13-10-12(2-6-16-13)19-7-1-5-17-19/h1-2,5-7,10-11H,3-4,8-9H2,(H,21,22). The van der Waals surface area contributed by atoms with Crippen LogP contribution in [-0.2, 0) is 4.79 Å². The van der Waals surface area contributed by atoms with Gasteiger partial charge < -0.3 is 10.0 Å². The number of amides is 1. The molecule has 1 saturated heterocycles. The minimum Gasteiger partial charge on any atom is -0.481 e. The lowest BCUT2D eigenvalue weighted by Crippen LogP contribution is -2.40. The van der Waals surface area contributed by atoms with E-state index in [1.165, 1.54) is 0 Å². The van der Waals surface area contributed by atoms with E-state index < -0.39 is 5.97 Å². The number of pyridine rings is 1. The first-order valence-electron chi connectivity index (χ1n) is 7.13. The first-order chi connectivity index (χ1) is 10.6. The zero-order valence-electron chi connectivity index (χ0n) is 11.9. The highest BCUT2D eigenvalue weighted by Crippen LogP contribution is 2.19. The van der Waals surface area contributed by atoms with E-state index in [-0.39, 0.29) is 11.8 Å². The monoisotopic (exact) mass is 300 g/mol. The van der Waals surface area contributed by atoms with Crippen LogP contribution in [-0.4, -0.2) is 49.7 Å². The molecule has 2 aromatic rings. The Balaban J connectivity index is 1.73. The van der Waals surface area contributed by atoms with E-state index in [1.54, 1.807) is 46.4 Å². The third-order valence-corrected chi connectivity index (χ3v) is 3.86. The number of carbonyl (C=O) groups excluding carboxylic acids is 1. The number of rotatable bonds is 3. The van der Waals surface area contributed by atoms with Gasteiger partial charge in [0.15, 0.2) is 0 Å². The molecule has 3 heterocycles. The molecule has 22 heavy (non-hydrogen) atoms. The van der Waals surface area contributed by atoms with Crippen LogP contribution >= 0.6 is 0 Å². The number of aromatic nitrogens is 3. The Bertz CT molecular complexity index is 676. The Labute approximate surface area is 127 Å². The maximum Gasteiger partial charge on any atom is 0.306 e. The summed E-state index contributed by atoms with van der Waals surface area (Å²) < 4.78 is 1.66. The van der Waals surface area contributed by atoms with Crippen molar-refractivity contribution >= 4 is 11.9 Å². The molecule has 0 unspecified atom stereocenters. The largest absolute Gasteiger partial charge is 0.481 e. The van der Waals surface area contributed by atoms with Crippen LogP contribution in [0, 0.1) is 5.92 Å². The first kappa shape index (κ1) is 14.2. The molecule has 7 nitrogen and oxygen atoms in total. The van der Waals surface area contributed by atoms with Crippen LogP contribution < -0.4 is 0 Å². The fourth-order valence-corrected chi connectivity index (χ4v) is 2.59. The summed E-state index contributed by atoms with van der Waals surface area (Å²) in [7, 11) is 0. The van der Waals surface area contributed by atoms with Gasteiger partial charge in [0.2, 0.25) is 0 Å². The first-order valence-corrected chi connectivity index (χ1v) is 7.13. The zero-order valence-corrected chi connectivity index (χ0v) is 11.9. The molecular weight excluding hydrogens is 284 g/mol. The number of nitrogens with zero attached hydrogens (tertiary/aromatic N) is 4. The molecule has 114 valence electrons. The topological polar surface area (TPSA) is 88.3 Å². The van der Waals surface area contributed by atoms with E-state index in [0.717, 1.165) is 5.69 Å². The third-order valence-electron chi connectivity index (χ3n) is 3.86. The SMILES string of the molecule is O=C(O)C1CCN(C(=O)c2cc(-n3cccn3)ccn2)CC1. The molecule has 7 heteroatoms. The van der Waals surface area contributed by atoms with Gasteiger partial charge in [-0.15, -0.1) is 0 Å². The van der Waals surface area contributed by atoms with Crippen molar-refractivity contribution in [2.45, 2.75) is 12.8 Å². The molecule has 0 atom stereocenters. The molecule has 0 aliphatic carbocycles. The summed E-state index contributed by atoms with van der Waals surface area (Å²) in [6.45, 7) is 0.896. The number of piperidine rings is 1. The van der Waals surface area contributed by atoms with Gasteiger partial charge in [-0.05, 0) is 31.0 Å². The minimum atomic E-state index is -0.786. The van der Waals surface area contributed by atoms with E-state index in [4.69, 9.17) is 5.11 Å². The highest BCUT2D eigenvalue weighted by molar-refractivity contribution is 5.93. The van der Waals surface area contributed by atoms with Gasteiger partial charge in [-0.3, -0.25) is 14.6 Å². The molecule has 2 aromatic heterocycles. The van der Waals surface area contributed by atoms with Crippen LogP contribution in [0.5, 0.6) is 0 Å². The lowest BCUT2D eigenvalue weighted by molar-refractivity contribution is -0.143. The van der Waals surface area contributed by atoms with Crippen molar-refractivity contribution in [2.75, 3.05) is 13.1 Å². The van der Waals surface area contributed by atoms with Gasteiger partial charge in [-0.25, -0.2) is 4.68 Å². The van der Waals surface area contributed by atoms with E-state index >= 15 is 0 Å². The number of hydrogen-bond acceptors (Lipinski definition) is 4. The molecule has 1 amide bonds. The van der Waals surface area contributed by atoms with Crippen molar-refractivity contribution in [2.24, 2.45) is 5.92 Å². The number of carbonyl (C=O) groups is 2. The molecule has 0 saturated carbocycles. The fourth-order valence-electron chi connectivity index (χ4n) is 2.59. The summed E-state index contributed by atoms with van der Waals surface area (Å²) in [6.07, 6.45) is 6.01. The molecule has 3 rings (SSSR count). The van der Waals surface area contributed by atoms with E-state index in [2.05, 4.69) is 10.1 Å². The molecule has 0 spiro atoms. The zero-order chi connectivity index (χ0) is 15.5. The second-order valence-corrected chi connectivity index (χ2v) is 5.25. The Hall–Kier alpha value is -2.70. The lowest BCUT2D eigenvalue weighted by atomic mass is 9.97. The maximum absolute atomic E-state index is 12.5. The van der Waals surface area contributed by atoms with Gasteiger partial charge in [0.05, 0.1) is 11.6 Å². The molecule has 1 aliphatic heterocycles. The summed E-state index contributed by atoms with van der Waals surface area (Å²) in [5.74, 6) is -1.31. The van der Waals surface area contributed by atoms with Crippen molar-refractivity contribution in [1.29, 1.82) is 0 Å². The number of likely N-dealkylation sites (tertiary alicyclic amines) is 1. The van der Waals surface area contributed by atoms with Crippen LogP contribution in [0.15, 0.2) is 36.8 Å². The van der Waals surface area contributed by atoms with Crippen LogP contribution in [0.4, 0.5) is 0 Å². The second-order valence-electron chi connectivity index (χ2n) is 5.25. The average Bonchev–Trinajstić information content (AvgIpc) is 3.09. The van der Waals surface area contributed by atoms with Gasteiger partial charge in [0, 0.05) is 31.7 Å². The number of aliphatic carboxylic acids is 1. The normalized spacial score (nSPS) is 15.7. The van der Waals surface area contributed by atoms with Gasteiger partial charge in [-0.1, -0.05) is 0 Å². The van der Waals surface area contributed by atoms with Gasteiger partial charge in [0.1, 0.15) is 5.69 Å². The van der Waals surface area contributed by atoms with E-state index in [9.17, 15) is 9.59 Å². The molecule has 0 aromatic carbocycles. The van der Waals surface area contributed by atoms with Crippen molar-refractivity contribution in [3.8, 4) is 5.69 Å². The second kappa shape index (κ2) is 5.97. The Morgan fingerprint density at radius 3 is 2.64 bits per heavy atom. The summed E-state index contributed by atoms with van der Waals surface area (Å²) in [6, 6.07) is 5.28. The summed E-state index contributed by atoms with van der Waals surface area (Å²) in [5, 5.41) is 13.1. The van der Waals surface area contributed by atoms with Crippen molar-refractivity contribution in [1.82, 2.24) is 19.7 Å². The fraction of sp³-hybridized carbons (Fsp3) is 0.333. The predicted octanol–water partition coefficient (Wildman–Crippen LogP) is 1.20. The van der Waals surface area contributed by atoms with Crippen LogP contribution in [0.1, 0.15) is 23.3 Å². The van der Waals surface area contributed by atoms with Gasteiger partial charge in [-0.2, -0.15) is 5.10 Å². The summed E-state index contributed by atoms with van der Waals surface area (Å²) >= 11 is 0. The summed E-state index contributed by atoms with van der Waals surface area (Å²) in [5.41, 5.74) is 1.12. The van der Waals surface area contributed by atoms with Crippen LogP contribution in [0.3, 0.4) is 0 Å². The maximum atomic E-state index is 12.5. The lowest BCUT2D eigenvalue weighted by Gasteiger charge is -2.29. The van der Waals surface area contributed by atoms with E-state index in [0.29, 0.717) is 31.6 Å². The number of carboxylic acids is 1. The van der Waals surface area contributed by atoms with E-state index in [1.807, 2.05) is 0 Å². The molecule has 1 N–H and O–H groups in total. The minimum absolute atomic E-state index is 0.169. The van der Waals surface area contributed by atoms with Crippen molar-refractivity contribution in [3.63, 3.8) is 0 Å². The molecule has 1 aliphatic rings. The van der Waals surface area contributed by atoms with Crippen LogP contribution in [0.2, 0.25) is 0 Å². The quantitative estimate of drug-likeness (QED) is 0.920. The Morgan fingerprint density at radius 2 is 2.00 bits per heavy atom. The highest BCUT2D eigenvalue weighted by atomic mass is 16.4.